The largest absolute Gasteiger partial charge is 0.280 e. The Morgan fingerprint density at radius 3 is 0.972 bits per heavy atom. The van der Waals surface area contributed by atoms with E-state index in [0.29, 0.717) is 38.5 Å². The minimum atomic E-state index is -0.892. The van der Waals surface area contributed by atoms with E-state index in [9.17, 15) is 28.8 Å². The van der Waals surface area contributed by atoms with Crippen LogP contribution in [0.2, 0.25) is 0 Å². The predicted molar refractivity (Wildman–Crippen MR) is 125 cm³/mol. The van der Waals surface area contributed by atoms with Gasteiger partial charge in [-0.25, -0.2) is 0 Å². The smallest absolute Gasteiger partial charge is 0.233 e. The first-order chi connectivity index (χ1) is 17.4. The Morgan fingerprint density at radius 2 is 0.694 bits per heavy atom. The maximum absolute atomic E-state index is 13.5. The second kappa shape index (κ2) is 9.06. The number of rotatable bonds is 5. The summed E-state index contributed by atoms with van der Waals surface area (Å²) in [5.41, 5.74) is 0. The minimum Gasteiger partial charge on any atom is -0.280 e. The number of carbonyl (C=O) groups is 6. The standard InChI is InChI=1S/C27H35N3O6/c31-22-16-7-1-2-8-17(16)23(32)28(22)13-15(30-26(35)20-11-5-6-12-21(20)27(30)36)14-29-24(33)18-9-3-4-10-19(18)25(29)34/h15-21H,1-14H2. The Labute approximate surface area is 210 Å². The first-order valence-electron chi connectivity index (χ1n) is 14.0. The van der Waals surface area contributed by atoms with E-state index in [1.807, 2.05) is 0 Å². The highest BCUT2D eigenvalue weighted by molar-refractivity contribution is 6.08. The summed E-state index contributed by atoms with van der Waals surface area (Å²) < 4.78 is 0. The van der Waals surface area contributed by atoms with Crippen molar-refractivity contribution in [3.8, 4) is 0 Å². The molecular formula is C27H35N3O6. The molecule has 3 saturated heterocycles. The molecule has 0 aromatic heterocycles. The van der Waals surface area contributed by atoms with Crippen LogP contribution in [0.1, 0.15) is 77.0 Å². The predicted octanol–water partition coefficient (Wildman–Crippen LogP) is 1.88. The van der Waals surface area contributed by atoms with Crippen LogP contribution in [-0.2, 0) is 28.8 Å². The number of hydrogen-bond acceptors (Lipinski definition) is 6. The Kier molecular flexibility index (Phi) is 5.99. The van der Waals surface area contributed by atoms with E-state index in [2.05, 4.69) is 0 Å². The molecular weight excluding hydrogens is 462 g/mol. The molecule has 0 N–H and O–H groups in total. The number of nitrogens with zero attached hydrogens (tertiary/aromatic N) is 3. The topological polar surface area (TPSA) is 112 Å². The molecule has 9 nitrogen and oxygen atoms in total. The molecule has 9 heteroatoms. The monoisotopic (exact) mass is 497 g/mol. The van der Waals surface area contributed by atoms with E-state index in [0.717, 1.165) is 38.5 Å². The lowest BCUT2D eigenvalue weighted by molar-refractivity contribution is -0.151. The summed E-state index contributed by atoms with van der Waals surface area (Å²) >= 11 is 0. The van der Waals surface area contributed by atoms with Crippen molar-refractivity contribution in [2.75, 3.05) is 13.1 Å². The van der Waals surface area contributed by atoms with E-state index in [1.54, 1.807) is 0 Å². The van der Waals surface area contributed by atoms with Crippen LogP contribution in [0.4, 0.5) is 0 Å². The molecule has 6 rings (SSSR count). The average molecular weight is 498 g/mol. The van der Waals surface area contributed by atoms with E-state index in [-0.39, 0.29) is 84.0 Å². The third-order valence-corrected chi connectivity index (χ3v) is 9.89. The molecule has 0 aromatic rings. The molecule has 0 spiro atoms. The summed E-state index contributed by atoms with van der Waals surface area (Å²) in [6, 6.07) is -0.892. The minimum absolute atomic E-state index is 0.131. The van der Waals surface area contributed by atoms with Gasteiger partial charge in [0.2, 0.25) is 35.4 Å². The first kappa shape index (κ1) is 23.8. The first-order valence-corrected chi connectivity index (χ1v) is 14.0. The van der Waals surface area contributed by atoms with Crippen LogP contribution in [0.5, 0.6) is 0 Å². The molecule has 3 heterocycles. The van der Waals surface area contributed by atoms with E-state index in [4.69, 9.17) is 0 Å². The molecule has 3 aliphatic carbocycles. The molecule has 6 aliphatic rings. The molecule has 0 bridgehead atoms. The van der Waals surface area contributed by atoms with E-state index < -0.39 is 6.04 Å². The van der Waals surface area contributed by atoms with Gasteiger partial charge in [0, 0.05) is 0 Å². The lowest BCUT2D eigenvalue weighted by atomic mass is 9.81. The molecule has 36 heavy (non-hydrogen) atoms. The van der Waals surface area contributed by atoms with E-state index >= 15 is 0 Å². The molecule has 6 atom stereocenters. The lowest BCUT2D eigenvalue weighted by Gasteiger charge is -2.32. The second-order valence-corrected chi connectivity index (χ2v) is 11.8. The van der Waals surface area contributed by atoms with Crippen molar-refractivity contribution < 1.29 is 28.8 Å². The molecule has 0 radical (unpaired) electrons. The fourth-order valence-corrected chi connectivity index (χ4v) is 8.01. The summed E-state index contributed by atoms with van der Waals surface area (Å²) in [7, 11) is 0. The van der Waals surface area contributed by atoms with Gasteiger partial charge in [0.1, 0.15) is 0 Å². The zero-order chi connectivity index (χ0) is 25.1. The Bertz CT molecular complexity index is 899. The average Bonchev–Trinajstić information content (AvgIpc) is 3.40. The van der Waals surface area contributed by atoms with Gasteiger partial charge in [-0.3, -0.25) is 43.5 Å². The molecule has 6 unspecified atom stereocenters. The Morgan fingerprint density at radius 1 is 0.444 bits per heavy atom. The molecule has 3 aliphatic heterocycles. The van der Waals surface area contributed by atoms with Crippen LogP contribution >= 0.6 is 0 Å². The zero-order valence-corrected chi connectivity index (χ0v) is 20.7. The summed E-state index contributed by atoms with van der Waals surface area (Å²) in [4.78, 5) is 83.7. The summed E-state index contributed by atoms with van der Waals surface area (Å²) in [6.45, 7) is -0.262. The Balaban J connectivity index is 1.30. The van der Waals surface area contributed by atoms with Crippen LogP contribution in [0.15, 0.2) is 0 Å². The van der Waals surface area contributed by atoms with Crippen molar-refractivity contribution in [2.45, 2.75) is 83.1 Å². The second-order valence-electron chi connectivity index (χ2n) is 11.8. The summed E-state index contributed by atoms with van der Waals surface area (Å²) in [6.07, 6.45) is 9.40. The van der Waals surface area contributed by atoms with Gasteiger partial charge in [0.25, 0.3) is 0 Å². The highest BCUT2D eigenvalue weighted by Gasteiger charge is 2.55. The van der Waals surface area contributed by atoms with Gasteiger partial charge in [-0.1, -0.05) is 38.5 Å². The number of amides is 6. The lowest BCUT2D eigenvalue weighted by Crippen LogP contribution is -2.54. The normalized spacial score (nSPS) is 37.5. The van der Waals surface area contributed by atoms with Crippen molar-refractivity contribution in [1.29, 1.82) is 0 Å². The number of hydrogen-bond donors (Lipinski definition) is 0. The molecule has 194 valence electrons. The van der Waals surface area contributed by atoms with Gasteiger partial charge in [-0.15, -0.1) is 0 Å². The van der Waals surface area contributed by atoms with Crippen LogP contribution in [-0.4, -0.2) is 69.3 Å². The number of imide groups is 3. The number of fused-ring (bicyclic) bond motifs is 3. The molecule has 0 aromatic carbocycles. The highest BCUT2D eigenvalue weighted by atomic mass is 16.2. The third-order valence-electron chi connectivity index (χ3n) is 9.89. The number of likely N-dealkylation sites (tertiary alicyclic amines) is 3. The SMILES string of the molecule is O=C1C2CCCCC2C(=O)N1CC(CN1C(=O)C2CCCCC2C1=O)N1C(=O)C2CCCCC2C1=O. The van der Waals surface area contributed by atoms with Crippen molar-refractivity contribution in [3.05, 3.63) is 0 Å². The molecule has 6 fully saturated rings. The van der Waals surface area contributed by atoms with Gasteiger partial charge in [0.05, 0.1) is 54.6 Å². The van der Waals surface area contributed by atoms with Crippen molar-refractivity contribution in [2.24, 2.45) is 35.5 Å². The maximum atomic E-state index is 13.5. The third kappa shape index (κ3) is 3.56. The van der Waals surface area contributed by atoms with Gasteiger partial charge in [-0.2, -0.15) is 0 Å². The van der Waals surface area contributed by atoms with Gasteiger partial charge in [0.15, 0.2) is 0 Å². The summed E-state index contributed by atoms with van der Waals surface area (Å²) in [5, 5.41) is 0. The van der Waals surface area contributed by atoms with Crippen LogP contribution in [0.3, 0.4) is 0 Å². The van der Waals surface area contributed by atoms with Crippen molar-refractivity contribution in [3.63, 3.8) is 0 Å². The number of carbonyl (C=O) groups excluding carboxylic acids is 6. The fraction of sp³-hybridized carbons (Fsp3) is 0.778. The van der Waals surface area contributed by atoms with Crippen LogP contribution < -0.4 is 0 Å². The van der Waals surface area contributed by atoms with Gasteiger partial charge in [-0.05, 0) is 38.5 Å². The Hall–Kier alpha value is -2.58. The molecule has 3 saturated carbocycles. The van der Waals surface area contributed by atoms with Crippen molar-refractivity contribution >= 4 is 35.4 Å². The van der Waals surface area contributed by atoms with Crippen LogP contribution in [0.25, 0.3) is 0 Å². The van der Waals surface area contributed by atoms with Gasteiger partial charge >= 0.3 is 0 Å². The highest BCUT2D eigenvalue weighted by Crippen LogP contribution is 2.42. The maximum Gasteiger partial charge on any atom is 0.233 e. The van der Waals surface area contributed by atoms with Crippen molar-refractivity contribution in [1.82, 2.24) is 14.7 Å². The fourth-order valence-electron chi connectivity index (χ4n) is 8.01. The summed E-state index contributed by atoms with van der Waals surface area (Å²) in [5.74, 6) is -3.60. The van der Waals surface area contributed by atoms with Gasteiger partial charge < -0.3 is 0 Å². The quantitative estimate of drug-likeness (QED) is 0.536. The molecule has 6 amide bonds. The van der Waals surface area contributed by atoms with E-state index in [1.165, 1.54) is 14.7 Å². The zero-order valence-electron chi connectivity index (χ0n) is 20.7. The van der Waals surface area contributed by atoms with Crippen LogP contribution in [0, 0.1) is 35.5 Å².